The van der Waals surface area contributed by atoms with Crippen LogP contribution in [0.5, 0.6) is 0 Å². The van der Waals surface area contributed by atoms with Crippen molar-refractivity contribution in [2.45, 2.75) is 32.5 Å². The summed E-state index contributed by atoms with van der Waals surface area (Å²) in [5.41, 5.74) is 0. The number of hydrogen-bond donors (Lipinski definition) is 1. The third-order valence-electron chi connectivity index (χ3n) is 1.36. The van der Waals surface area contributed by atoms with E-state index in [1.807, 2.05) is 19.9 Å². The van der Waals surface area contributed by atoms with Gasteiger partial charge in [-0.05, 0) is 13.8 Å². The standard InChI is InChI=1S/C8H16N2O3S/c1-7(2)13-8(4-5-9)6-10-14(3,11)12/h7-8,10H,4,6H2,1-3H3. The summed E-state index contributed by atoms with van der Waals surface area (Å²) in [6.45, 7) is 3.82. The fourth-order valence-corrected chi connectivity index (χ4v) is 1.39. The molecule has 0 aromatic rings. The highest BCUT2D eigenvalue weighted by atomic mass is 32.2. The van der Waals surface area contributed by atoms with Gasteiger partial charge in [0.2, 0.25) is 10.0 Å². The first-order chi connectivity index (χ1) is 6.35. The molecular formula is C8H16N2O3S. The van der Waals surface area contributed by atoms with Crippen molar-refractivity contribution in [3.05, 3.63) is 0 Å². The maximum Gasteiger partial charge on any atom is 0.208 e. The Balaban J connectivity index is 4.05. The van der Waals surface area contributed by atoms with Gasteiger partial charge in [0.25, 0.3) is 0 Å². The Bertz CT molecular complexity index is 292. The van der Waals surface area contributed by atoms with Crippen LogP contribution in [-0.4, -0.2) is 33.4 Å². The summed E-state index contributed by atoms with van der Waals surface area (Å²) in [7, 11) is -3.21. The molecule has 0 radical (unpaired) electrons. The van der Waals surface area contributed by atoms with Gasteiger partial charge < -0.3 is 4.74 Å². The zero-order chi connectivity index (χ0) is 11.2. The number of sulfonamides is 1. The summed E-state index contributed by atoms with van der Waals surface area (Å²) in [4.78, 5) is 0. The summed E-state index contributed by atoms with van der Waals surface area (Å²) in [5, 5.41) is 8.47. The number of hydrogen-bond acceptors (Lipinski definition) is 4. The number of nitriles is 1. The minimum absolute atomic E-state index is 0.0188. The molecule has 0 amide bonds. The van der Waals surface area contributed by atoms with Crippen LogP contribution in [0.25, 0.3) is 0 Å². The Morgan fingerprint density at radius 1 is 1.50 bits per heavy atom. The number of nitrogens with one attached hydrogen (secondary N) is 1. The Hall–Kier alpha value is -0.640. The van der Waals surface area contributed by atoms with Crippen molar-refractivity contribution in [1.29, 1.82) is 5.26 Å². The van der Waals surface area contributed by atoms with Crippen LogP contribution in [0.15, 0.2) is 0 Å². The smallest absolute Gasteiger partial charge is 0.208 e. The third-order valence-corrected chi connectivity index (χ3v) is 2.05. The molecule has 0 saturated heterocycles. The molecule has 0 aliphatic carbocycles. The molecule has 0 aliphatic rings. The first-order valence-electron chi connectivity index (χ1n) is 4.32. The van der Waals surface area contributed by atoms with E-state index in [2.05, 4.69) is 4.72 Å². The molecule has 1 unspecified atom stereocenters. The summed E-state index contributed by atoms with van der Waals surface area (Å²) < 4.78 is 29.2. The summed E-state index contributed by atoms with van der Waals surface area (Å²) >= 11 is 0. The second-order valence-corrected chi connectivity index (χ2v) is 5.12. The van der Waals surface area contributed by atoms with Gasteiger partial charge in [0.05, 0.1) is 31.0 Å². The molecule has 0 aromatic heterocycles. The number of rotatable bonds is 6. The average Bonchev–Trinajstić information content (AvgIpc) is 1.98. The number of ether oxygens (including phenoxy) is 1. The lowest BCUT2D eigenvalue weighted by Gasteiger charge is -2.17. The lowest BCUT2D eigenvalue weighted by molar-refractivity contribution is 0.0142. The molecule has 0 bridgehead atoms. The van der Waals surface area contributed by atoms with Crippen molar-refractivity contribution in [2.24, 2.45) is 0 Å². The van der Waals surface area contributed by atoms with E-state index in [4.69, 9.17) is 10.00 Å². The van der Waals surface area contributed by atoms with Crippen molar-refractivity contribution in [2.75, 3.05) is 12.8 Å². The van der Waals surface area contributed by atoms with Crippen LogP contribution in [0, 0.1) is 11.3 Å². The molecule has 0 aliphatic heterocycles. The molecule has 1 atom stereocenters. The monoisotopic (exact) mass is 220 g/mol. The predicted molar refractivity (Wildman–Crippen MR) is 53.1 cm³/mol. The van der Waals surface area contributed by atoms with E-state index in [-0.39, 0.29) is 25.2 Å². The zero-order valence-electron chi connectivity index (χ0n) is 8.65. The summed E-state index contributed by atoms with van der Waals surface area (Å²) in [5.74, 6) is 0. The van der Waals surface area contributed by atoms with Crippen molar-refractivity contribution >= 4 is 10.0 Å². The van der Waals surface area contributed by atoms with Crippen molar-refractivity contribution in [3.8, 4) is 6.07 Å². The van der Waals surface area contributed by atoms with Gasteiger partial charge in [-0.1, -0.05) is 0 Å². The molecule has 0 heterocycles. The van der Waals surface area contributed by atoms with Gasteiger partial charge >= 0.3 is 0 Å². The lowest BCUT2D eigenvalue weighted by Crippen LogP contribution is -2.34. The molecular weight excluding hydrogens is 204 g/mol. The van der Waals surface area contributed by atoms with Crippen molar-refractivity contribution in [3.63, 3.8) is 0 Å². The highest BCUT2D eigenvalue weighted by molar-refractivity contribution is 7.88. The quantitative estimate of drug-likeness (QED) is 0.695. The van der Waals surface area contributed by atoms with Gasteiger partial charge in [-0.2, -0.15) is 5.26 Å². The minimum atomic E-state index is -3.21. The first-order valence-corrected chi connectivity index (χ1v) is 6.21. The maximum absolute atomic E-state index is 10.8. The fraction of sp³-hybridized carbons (Fsp3) is 0.875. The van der Waals surface area contributed by atoms with Crippen molar-refractivity contribution in [1.82, 2.24) is 4.72 Å². The number of nitrogens with zero attached hydrogens (tertiary/aromatic N) is 1. The summed E-state index contributed by atoms with van der Waals surface area (Å²) in [6.07, 6.45) is 0.858. The molecule has 0 spiro atoms. The first kappa shape index (κ1) is 13.4. The van der Waals surface area contributed by atoms with Crippen LogP contribution in [-0.2, 0) is 14.8 Å². The SMILES string of the molecule is CC(C)OC(CC#N)CNS(C)(=O)=O. The van der Waals surface area contributed by atoms with Gasteiger partial charge in [-0.25, -0.2) is 13.1 Å². The van der Waals surface area contributed by atoms with Gasteiger partial charge in [0.1, 0.15) is 0 Å². The molecule has 1 N–H and O–H groups in total. The topological polar surface area (TPSA) is 79.2 Å². The molecule has 0 rings (SSSR count). The molecule has 5 nitrogen and oxygen atoms in total. The lowest BCUT2D eigenvalue weighted by atomic mass is 10.2. The highest BCUT2D eigenvalue weighted by Gasteiger charge is 2.12. The van der Waals surface area contributed by atoms with E-state index in [1.165, 1.54) is 0 Å². The normalized spacial score (nSPS) is 13.9. The molecule has 0 fully saturated rings. The Kier molecular flexibility index (Phi) is 5.69. The van der Waals surface area contributed by atoms with E-state index in [0.29, 0.717) is 0 Å². The van der Waals surface area contributed by atoms with Gasteiger partial charge in [-0.3, -0.25) is 0 Å². The van der Waals surface area contributed by atoms with Gasteiger partial charge in [0.15, 0.2) is 0 Å². The van der Waals surface area contributed by atoms with Gasteiger partial charge in [-0.15, -0.1) is 0 Å². The van der Waals surface area contributed by atoms with Gasteiger partial charge in [0, 0.05) is 6.54 Å². The minimum Gasteiger partial charge on any atom is -0.373 e. The molecule has 6 heteroatoms. The van der Waals surface area contributed by atoms with Crippen LogP contribution < -0.4 is 4.72 Å². The zero-order valence-corrected chi connectivity index (χ0v) is 9.47. The molecule has 0 aromatic carbocycles. The van der Waals surface area contributed by atoms with Crippen LogP contribution in [0.1, 0.15) is 20.3 Å². The Morgan fingerprint density at radius 2 is 2.07 bits per heavy atom. The summed E-state index contributed by atoms with van der Waals surface area (Å²) in [6, 6.07) is 1.95. The highest BCUT2D eigenvalue weighted by Crippen LogP contribution is 2.01. The van der Waals surface area contributed by atoms with E-state index < -0.39 is 10.0 Å². The Labute approximate surface area is 85.1 Å². The van der Waals surface area contributed by atoms with Crippen LogP contribution in [0.4, 0.5) is 0 Å². The van der Waals surface area contributed by atoms with Crippen LogP contribution in [0.2, 0.25) is 0 Å². The maximum atomic E-state index is 10.8. The van der Waals surface area contributed by atoms with E-state index in [1.54, 1.807) is 0 Å². The van der Waals surface area contributed by atoms with E-state index >= 15 is 0 Å². The molecule has 82 valence electrons. The molecule has 14 heavy (non-hydrogen) atoms. The molecule has 0 saturated carbocycles. The predicted octanol–water partition coefficient (Wildman–Crippen LogP) is 0.243. The Morgan fingerprint density at radius 3 is 2.43 bits per heavy atom. The van der Waals surface area contributed by atoms with E-state index in [0.717, 1.165) is 6.26 Å². The van der Waals surface area contributed by atoms with Crippen LogP contribution in [0.3, 0.4) is 0 Å². The largest absolute Gasteiger partial charge is 0.373 e. The van der Waals surface area contributed by atoms with Crippen LogP contribution >= 0.6 is 0 Å². The average molecular weight is 220 g/mol. The second-order valence-electron chi connectivity index (χ2n) is 3.29. The third kappa shape index (κ3) is 7.98. The van der Waals surface area contributed by atoms with E-state index in [9.17, 15) is 8.42 Å². The fourth-order valence-electron chi connectivity index (χ4n) is 0.899. The van der Waals surface area contributed by atoms with Crippen molar-refractivity contribution < 1.29 is 13.2 Å². The second kappa shape index (κ2) is 5.96.